The summed E-state index contributed by atoms with van der Waals surface area (Å²) in [5, 5.41) is 22.5. The number of nitrogens with one attached hydrogen (secondary N) is 4. The molecule has 0 aliphatic rings. The van der Waals surface area contributed by atoms with Crippen LogP contribution in [0.4, 0.5) is 5.82 Å². The number of para-hydroxylation sites is 2. The van der Waals surface area contributed by atoms with E-state index in [4.69, 9.17) is 10.8 Å². The molecule has 0 unspecified atom stereocenters. The van der Waals surface area contributed by atoms with Crippen LogP contribution in [0, 0.1) is 16.7 Å². The number of aromatic nitrogens is 2. The van der Waals surface area contributed by atoms with Gasteiger partial charge in [-0.3, -0.25) is 20.2 Å². The Balaban J connectivity index is 1.87. The number of amides is 1. The Hall–Kier alpha value is -2.70. The summed E-state index contributed by atoms with van der Waals surface area (Å²) in [6.07, 6.45) is 3.24. The number of hydrogen-bond donors (Lipinski definition) is 4. The Morgan fingerprint density at radius 3 is 2.67 bits per heavy atom. The van der Waals surface area contributed by atoms with Crippen molar-refractivity contribution in [3.05, 3.63) is 29.8 Å². The van der Waals surface area contributed by atoms with E-state index in [1.807, 2.05) is 24.3 Å². The molecule has 146 valence electrons. The molecule has 0 saturated carbocycles. The number of fused-ring (bicyclic) bond motifs is 1. The number of hydrogen-bond acceptors (Lipinski definition) is 5. The minimum Gasteiger partial charge on any atom is -0.367 e. The Labute approximate surface area is 160 Å². The molecule has 0 saturated heterocycles. The number of carbonyl (C=O) groups excluding carboxylic acids is 1. The van der Waals surface area contributed by atoms with E-state index >= 15 is 0 Å². The van der Waals surface area contributed by atoms with E-state index < -0.39 is 0 Å². The zero-order valence-electron chi connectivity index (χ0n) is 16.4. The minimum absolute atomic E-state index is 0.115. The second-order valence-electron chi connectivity index (χ2n) is 7.15. The SMILES string of the molecule is CC(=N)n1c(=N)c(NCCCCCC(=O)NCC(C)C)nc2ccccc21. The molecule has 2 aromatic rings. The molecule has 4 N–H and O–H groups in total. The molecule has 0 aliphatic heterocycles. The molecule has 1 aromatic carbocycles. The van der Waals surface area contributed by atoms with Gasteiger partial charge in [-0.1, -0.05) is 32.4 Å². The molecule has 0 fully saturated rings. The van der Waals surface area contributed by atoms with Gasteiger partial charge in [0.15, 0.2) is 11.3 Å². The summed E-state index contributed by atoms with van der Waals surface area (Å²) in [5.41, 5.74) is 1.70. The fourth-order valence-electron chi connectivity index (χ4n) is 2.82. The second kappa shape index (κ2) is 9.85. The van der Waals surface area contributed by atoms with E-state index in [2.05, 4.69) is 29.5 Å². The molecule has 27 heavy (non-hydrogen) atoms. The van der Waals surface area contributed by atoms with E-state index in [1.54, 1.807) is 11.5 Å². The van der Waals surface area contributed by atoms with E-state index in [1.165, 1.54) is 0 Å². The lowest BCUT2D eigenvalue weighted by Crippen LogP contribution is -2.29. The van der Waals surface area contributed by atoms with Gasteiger partial charge in [-0.25, -0.2) is 4.98 Å². The maximum absolute atomic E-state index is 11.7. The van der Waals surface area contributed by atoms with Gasteiger partial charge in [0, 0.05) is 19.5 Å². The Morgan fingerprint density at radius 2 is 1.96 bits per heavy atom. The normalized spacial score (nSPS) is 11.0. The predicted molar refractivity (Wildman–Crippen MR) is 109 cm³/mol. The quantitative estimate of drug-likeness (QED) is 0.309. The highest BCUT2D eigenvalue weighted by atomic mass is 16.1. The highest BCUT2D eigenvalue weighted by molar-refractivity contribution is 5.90. The lowest BCUT2D eigenvalue weighted by Gasteiger charge is -2.13. The molecule has 1 heterocycles. The van der Waals surface area contributed by atoms with Crippen molar-refractivity contribution < 1.29 is 4.79 Å². The first kappa shape index (κ1) is 20.6. The van der Waals surface area contributed by atoms with Crippen LogP contribution in [0.25, 0.3) is 11.0 Å². The van der Waals surface area contributed by atoms with Gasteiger partial charge in [-0.05, 0) is 37.8 Å². The number of carbonyl (C=O) groups is 1. The molecule has 2 rings (SSSR count). The van der Waals surface area contributed by atoms with E-state index in [9.17, 15) is 4.79 Å². The van der Waals surface area contributed by atoms with Crippen LogP contribution >= 0.6 is 0 Å². The topological polar surface area (TPSA) is 107 Å². The van der Waals surface area contributed by atoms with Gasteiger partial charge >= 0.3 is 0 Å². The van der Waals surface area contributed by atoms with E-state index in [0.29, 0.717) is 24.7 Å². The number of benzene rings is 1. The minimum atomic E-state index is 0.115. The fourth-order valence-corrected chi connectivity index (χ4v) is 2.82. The van der Waals surface area contributed by atoms with Crippen LogP contribution in [0.2, 0.25) is 0 Å². The first-order valence-electron chi connectivity index (χ1n) is 9.52. The van der Waals surface area contributed by atoms with Crippen LogP contribution in [0.15, 0.2) is 24.3 Å². The second-order valence-corrected chi connectivity index (χ2v) is 7.15. The summed E-state index contributed by atoms with van der Waals surface area (Å²) in [5.74, 6) is 1.35. The van der Waals surface area contributed by atoms with Crippen molar-refractivity contribution in [3.63, 3.8) is 0 Å². The molecular weight excluding hydrogens is 340 g/mol. The van der Waals surface area contributed by atoms with Crippen molar-refractivity contribution in [1.29, 1.82) is 10.8 Å². The van der Waals surface area contributed by atoms with Gasteiger partial charge in [-0.2, -0.15) is 0 Å². The monoisotopic (exact) mass is 370 g/mol. The van der Waals surface area contributed by atoms with Crippen molar-refractivity contribution in [1.82, 2.24) is 14.9 Å². The van der Waals surface area contributed by atoms with Crippen LogP contribution in [0.5, 0.6) is 0 Å². The van der Waals surface area contributed by atoms with Crippen LogP contribution < -0.4 is 16.1 Å². The molecule has 1 amide bonds. The van der Waals surface area contributed by atoms with Gasteiger partial charge in [0.2, 0.25) is 5.91 Å². The molecule has 0 radical (unpaired) electrons. The molecule has 0 bridgehead atoms. The van der Waals surface area contributed by atoms with Crippen molar-refractivity contribution in [2.75, 3.05) is 18.4 Å². The molecule has 7 nitrogen and oxygen atoms in total. The highest BCUT2D eigenvalue weighted by Crippen LogP contribution is 2.12. The molecule has 0 aliphatic carbocycles. The van der Waals surface area contributed by atoms with Crippen molar-refractivity contribution >= 4 is 28.6 Å². The average molecular weight is 371 g/mol. The fraction of sp³-hybridized carbons (Fsp3) is 0.500. The number of unbranched alkanes of at least 4 members (excludes halogenated alkanes) is 2. The Bertz CT molecular complexity index is 855. The van der Waals surface area contributed by atoms with Gasteiger partial charge < -0.3 is 10.6 Å². The van der Waals surface area contributed by atoms with Crippen LogP contribution in [-0.4, -0.2) is 34.4 Å². The van der Waals surface area contributed by atoms with Gasteiger partial charge in [0.1, 0.15) is 5.84 Å². The van der Waals surface area contributed by atoms with Crippen molar-refractivity contribution in [2.45, 2.75) is 46.5 Å². The smallest absolute Gasteiger partial charge is 0.220 e. The third-order valence-corrected chi connectivity index (χ3v) is 4.22. The first-order valence-corrected chi connectivity index (χ1v) is 9.52. The summed E-state index contributed by atoms with van der Waals surface area (Å²) in [7, 11) is 0. The summed E-state index contributed by atoms with van der Waals surface area (Å²) in [6.45, 7) is 7.24. The van der Waals surface area contributed by atoms with E-state index in [0.717, 1.165) is 36.8 Å². The summed E-state index contributed by atoms with van der Waals surface area (Å²) in [4.78, 5) is 16.2. The van der Waals surface area contributed by atoms with Crippen LogP contribution in [0.1, 0.15) is 46.5 Å². The molecule has 0 atom stereocenters. The Kier molecular flexibility index (Phi) is 7.52. The van der Waals surface area contributed by atoms with Gasteiger partial charge in [0.05, 0.1) is 11.0 Å². The number of nitrogens with zero attached hydrogens (tertiary/aromatic N) is 2. The average Bonchev–Trinajstić information content (AvgIpc) is 2.62. The third-order valence-electron chi connectivity index (χ3n) is 4.22. The molecule has 1 aromatic heterocycles. The number of anilines is 1. The summed E-state index contributed by atoms with van der Waals surface area (Å²) < 4.78 is 1.59. The van der Waals surface area contributed by atoms with Crippen molar-refractivity contribution in [2.24, 2.45) is 5.92 Å². The number of rotatable bonds is 9. The van der Waals surface area contributed by atoms with Gasteiger partial charge in [0.25, 0.3) is 0 Å². The zero-order valence-corrected chi connectivity index (χ0v) is 16.4. The zero-order chi connectivity index (χ0) is 19.8. The maximum Gasteiger partial charge on any atom is 0.220 e. The van der Waals surface area contributed by atoms with Crippen molar-refractivity contribution in [3.8, 4) is 0 Å². The predicted octanol–water partition coefficient (Wildman–Crippen LogP) is 3.11. The summed E-state index contributed by atoms with van der Waals surface area (Å²) >= 11 is 0. The van der Waals surface area contributed by atoms with Crippen LogP contribution in [-0.2, 0) is 4.79 Å². The standard InChI is InChI=1S/C20H30N6O/c1-14(2)13-24-18(27)11-5-4-8-12-23-20-19(22)26(15(3)21)17-10-7-6-9-16(17)25-20/h6-7,9-10,14,21-22H,4-5,8,11-13H2,1-3H3,(H,23,25)(H,24,27). The largest absolute Gasteiger partial charge is 0.367 e. The van der Waals surface area contributed by atoms with Crippen LogP contribution in [0.3, 0.4) is 0 Å². The Morgan fingerprint density at radius 1 is 1.22 bits per heavy atom. The van der Waals surface area contributed by atoms with Gasteiger partial charge in [-0.15, -0.1) is 0 Å². The molecule has 0 spiro atoms. The lowest BCUT2D eigenvalue weighted by atomic mass is 10.1. The maximum atomic E-state index is 11.7. The third kappa shape index (κ3) is 5.91. The van der Waals surface area contributed by atoms with E-state index in [-0.39, 0.29) is 17.2 Å². The molecule has 7 heteroatoms. The lowest BCUT2D eigenvalue weighted by molar-refractivity contribution is -0.121. The molecular formula is C20H30N6O. The first-order chi connectivity index (χ1) is 12.9. The summed E-state index contributed by atoms with van der Waals surface area (Å²) in [6, 6.07) is 7.53. The highest BCUT2D eigenvalue weighted by Gasteiger charge is 2.09.